The van der Waals surface area contributed by atoms with Gasteiger partial charge >= 0.3 is 0 Å². The first-order chi connectivity index (χ1) is 8.83. The zero-order chi connectivity index (χ0) is 12.4. The van der Waals surface area contributed by atoms with Crippen LogP contribution in [0.3, 0.4) is 0 Å². The number of morpholine rings is 1. The Morgan fingerprint density at radius 2 is 2.11 bits per heavy atom. The van der Waals surface area contributed by atoms with Gasteiger partial charge in [-0.3, -0.25) is 4.99 Å². The Kier molecular flexibility index (Phi) is 3.55. The maximum Gasteiger partial charge on any atom is 0.191 e. The van der Waals surface area contributed by atoms with E-state index in [0.717, 1.165) is 44.7 Å². The van der Waals surface area contributed by atoms with Crippen molar-refractivity contribution in [3.05, 3.63) is 12.2 Å². The van der Waals surface area contributed by atoms with Gasteiger partial charge in [0.25, 0.3) is 0 Å². The molecule has 0 aromatic carbocycles. The SMILES string of the molecule is NC(=NCC1CC2C=CC1CC2)N1CCOCC1. The van der Waals surface area contributed by atoms with Gasteiger partial charge in [0.15, 0.2) is 5.96 Å². The highest BCUT2D eigenvalue weighted by atomic mass is 16.5. The number of rotatable bonds is 2. The number of fused-ring (bicyclic) bond motifs is 2. The summed E-state index contributed by atoms with van der Waals surface area (Å²) in [6.45, 7) is 4.20. The Morgan fingerprint density at radius 3 is 2.72 bits per heavy atom. The van der Waals surface area contributed by atoms with Gasteiger partial charge in [-0.1, -0.05) is 12.2 Å². The Morgan fingerprint density at radius 1 is 1.28 bits per heavy atom. The molecule has 1 saturated carbocycles. The van der Waals surface area contributed by atoms with E-state index in [0.29, 0.717) is 11.9 Å². The van der Waals surface area contributed by atoms with Crippen LogP contribution in [0.25, 0.3) is 0 Å². The van der Waals surface area contributed by atoms with E-state index in [1.807, 2.05) is 0 Å². The molecular formula is C14H23N3O. The Labute approximate surface area is 109 Å². The maximum absolute atomic E-state index is 6.07. The molecule has 3 atom stereocenters. The Balaban J connectivity index is 1.55. The molecule has 0 spiro atoms. The summed E-state index contributed by atoms with van der Waals surface area (Å²) in [5, 5.41) is 0. The molecule has 1 saturated heterocycles. The van der Waals surface area contributed by atoms with Gasteiger partial charge in [-0.2, -0.15) is 0 Å². The van der Waals surface area contributed by atoms with Gasteiger partial charge in [-0.05, 0) is 37.0 Å². The van der Waals surface area contributed by atoms with Gasteiger partial charge in [0.2, 0.25) is 0 Å². The predicted molar refractivity (Wildman–Crippen MR) is 72.3 cm³/mol. The molecule has 18 heavy (non-hydrogen) atoms. The van der Waals surface area contributed by atoms with Crippen LogP contribution in [0.15, 0.2) is 17.1 Å². The van der Waals surface area contributed by atoms with Crippen molar-refractivity contribution in [3.8, 4) is 0 Å². The van der Waals surface area contributed by atoms with Gasteiger partial charge in [-0.15, -0.1) is 0 Å². The minimum absolute atomic E-state index is 0.712. The standard InChI is InChI=1S/C14H23N3O/c15-14(17-5-7-18-8-6-17)16-10-13-9-11-1-3-12(13)4-2-11/h1,3,11-13H,2,4-10H2,(H2,15,16). The quantitative estimate of drug-likeness (QED) is 0.455. The summed E-state index contributed by atoms with van der Waals surface area (Å²) in [5.41, 5.74) is 6.07. The summed E-state index contributed by atoms with van der Waals surface area (Å²) in [6.07, 6.45) is 8.84. The third-order valence-electron chi connectivity index (χ3n) is 4.54. The highest BCUT2D eigenvalue weighted by Crippen LogP contribution is 2.40. The zero-order valence-electron chi connectivity index (χ0n) is 10.9. The van der Waals surface area contributed by atoms with Crippen molar-refractivity contribution in [2.24, 2.45) is 28.5 Å². The molecule has 4 heteroatoms. The lowest BCUT2D eigenvalue weighted by Crippen LogP contribution is -2.45. The second kappa shape index (κ2) is 5.31. The minimum atomic E-state index is 0.712. The number of hydrogen-bond donors (Lipinski definition) is 1. The summed E-state index contributed by atoms with van der Waals surface area (Å²) in [7, 11) is 0. The second-order valence-electron chi connectivity index (χ2n) is 5.68. The first-order valence-corrected chi connectivity index (χ1v) is 7.14. The van der Waals surface area contributed by atoms with Crippen molar-refractivity contribution in [1.82, 2.24) is 4.90 Å². The second-order valence-corrected chi connectivity index (χ2v) is 5.68. The van der Waals surface area contributed by atoms with Crippen LogP contribution < -0.4 is 5.73 Å². The van der Waals surface area contributed by atoms with Crippen molar-refractivity contribution in [2.75, 3.05) is 32.8 Å². The molecule has 0 amide bonds. The van der Waals surface area contributed by atoms with Gasteiger partial charge in [0.05, 0.1) is 13.2 Å². The van der Waals surface area contributed by atoms with Crippen molar-refractivity contribution in [1.29, 1.82) is 0 Å². The molecule has 3 aliphatic carbocycles. The summed E-state index contributed by atoms with van der Waals surface area (Å²) < 4.78 is 5.32. The maximum atomic E-state index is 6.07. The van der Waals surface area contributed by atoms with Crippen molar-refractivity contribution in [2.45, 2.75) is 19.3 Å². The van der Waals surface area contributed by atoms with Crippen LogP contribution in [-0.4, -0.2) is 43.7 Å². The van der Waals surface area contributed by atoms with Crippen molar-refractivity contribution in [3.63, 3.8) is 0 Å². The van der Waals surface area contributed by atoms with Crippen LogP contribution in [0.1, 0.15) is 19.3 Å². The Bertz CT molecular complexity index is 347. The third kappa shape index (κ3) is 2.53. The van der Waals surface area contributed by atoms with E-state index in [1.165, 1.54) is 19.3 Å². The number of allylic oxidation sites excluding steroid dienone is 2. The molecular weight excluding hydrogens is 226 g/mol. The predicted octanol–water partition coefficient (Wildman–Crippen LogP) is 1.24. The van der Waals surface area contributed by atoms with Gasteiger partial charge in [-0.25, -0.2) is 0 Å². The molecule has 0 aromatic heterocycles. The molecule has 4 nitrogen and oxygen atoms in total. The lowest BCUT2D eigenvalue weighted by Gasteiger charge is -2.37. The third-order valence-corrected chi connectivity index (χ3v) is 4.54. The fraction of sp³-hybridized carbons (Fsp3) is 0.786. The molecule has 2 fully saturated rings. The first kappa shape index (κ1) is 12.0. The molecule has 0 aromatic rings. The van der Waals surface area contributed by atoms with E-state index < -0.39 is 0 Å². The lowest BCUT2D eigenvalue weighted by molar-refractivity contribution is 0.0673. The molecule has 4 rings (SSSR count). The minimum Gasteiger partial charge on any atom is -0.378 e. The number of nitrogens with zero attached hydrogens (tertiary/aromatic N) is 2. The van der Waals surface area contributed by atoms with Gasteiger partial charge in [0.1, 0.15) is 0 Å². The fourth-order valence-corrected chi connectivity index (χ4v) is 3.36. The highest BCUT2D eigenvalue weighted by Gasteiger charge is 2.31. The molecule has 100 valence electrons. The average Bonchev–Trinajstić information content (AvgIpc) is 2.47. The van der Waals surface area contributed by atoms with Gasteiger partial charge in [0, 0.05) is 19.6 Å². The monoisotopic (exact) mass is 249 g/mol. The molecule has 3 unspecified atom stereocenters. The molecule has 2 bridgehead atoms. The number of guanidine groups is 1. The number of hydrogen-bond acceptors (Lipinski definition) is 2. The van der Waals surface area contributed by atoms with Crippen LogP contribution in [0, 0.1) is 17.8 Å². The number of ether oxygens (including phenoxy) is 1. The van der Waals surface area contributed by atoms with Crippen LogP contribution in [0.2, 0.25) is 0 Å². The normalized spacial score (nSPS) is 36.1. The molecule has 2 N–H and O–H groups in total. The van der Waals surface area contributed by atoms with Gasteiger partial charge < -0.3 is 15.4 Å². The van der Waals surface area contributed by atoms with E-state index in [-0.39, 0.29) is 0 Å². The van der Waals surface area contributed by atoms with E-state index in [2.05, 4.69) is 22.0 Å². The summed E-state index contributed by atoms with van der Waals surface area (Å²) in [6, 6.07) is 0. The molecule has 4 aliphatic rings. The zero-order valence-corrected chi connectivity index (χ0v) is 10.9. The summed E-state index contributed by atoms with van der Waals surface area (Å²) >= 11 is 0. The summed E-state index contributed by atoms with van der Waals surface area (Å²) in [4.78, 5) is 6.76. The molecule has 0 radical (unpaired) electrons. The first-order valence-electron chi connectivity index (χ1n) is 7.14. The smallest absolute Gasteiger partial charge is 0.191 e. The molecule has 1 aliphatic heterocycles. The van der Waals surface area contributed by atoms with Crippen LogP contribution in [-0.2, 0) is 4.74 Å². The number of aliphatic imine (C=N–C) groups is 1. The lowest BCUT2D eigenvalue weighted by atomic mass is 9.69. The molecule has 1 heterocycles. The van der Waals surface area contributed by atoms with E-state index >= 15 is 0 Å². The van der Waals surface area contributed by atoms with Crippen LogP contribution in [0.5, 0.6) is 0 Å². The highest BCUT2D eigenvalue weighted by molar-refractivity contribution is 5.78. The van der Waals surface area contributed by atoms with Crippen molar-refractivity contribution < 1.29 is 4.74 Å². The van der Waals surface area contributed by atoms with Crippen molar-refractivity contribution >= 4 is 5.96 Å². The van der Waals surface area contributed by atoms with E-state index in [1.54, 1.807) is 0 Å². The fourth-order valence-electron chi connectivity index (χ4n) is 3.36. The van der Waals surface area contributed by atoms with E-state index in [4.69, 9.17) is 10.5 Å². The van der Waals surface area contributed by atoms with Crippen LogP contribution in [0.4, 0.5) is 0 Å². The topological polar surface area (TPSA) is 50.8 Å². The Hall–Kier alpha value is -1.03. The average molecular weight is 249 g/mol. The van der Waals surface area contributed by atoms with E-state index in [9.17, 15) is 0 Å². The largest absolute Gasteiger partial charge is 0.378 e. The number of nitrogens with two attached hydrogens (primary N) is 1. The van der Waals surface area contributed by atoms with Crippen LogP contribution >= 0.6 is 0 Å². The summed E-state index contributed by atoms with van der Waals surface area (Å²) in [5.74, 6) is 2.98.